The zero-order valence-electron chi connectivity index (χ0n) is 16.4. The second-order valence-corrected chi connectivity index (χ2v) is 7.62. The first kappa shape index (κ1) is 18.6. The highest BCUT2D eigenvalue weighted by molar-refractivity contribution is 5.93. The minimum Gasteiger partial charge on any atom is -0.454 e. The number of amides is 1. The minimum atomic E-state index is -0.0688. The lowest BCUT2D eigenvalue weighted by Crippen LogP contribution is -2.39. The molecule has 5 rings (SSSR count). The molecule has 0 saturated carbocycles. The van der Waals surface area contributed by atoms with Crippen molar-refractivity contribution in [1.29, 1.82) is 0 Å². The molecule has 0 unspecified atom stereocenters. The lowest BCUT2D eigenvalue weighted by molar-refractivity contribution is -0.121. The van der Waals surface area contributed by atoms with E-state index >= 15 is 0 Å². The third-order valence-electron chi connectivity index (χ3n) is 5.69. The molecule has 1 amide bonds. The predicted molar refractivity (Wildman–Crippen MR) is 111 cm³/mol. The van der Waals surface area contributed by atoms with Crippen molar-refractivity contribution in [3.63, 3.8) is 0 Å². The van der Waals surface area contributed by atoms with Crippen LogP contribution in [-0.4, -0.2) is 40.5 Å². The van der Waals surface area contributed by atoms with Crippen LogP contribution >= 0.6 is 0 Å². The molecule has 154 valence electrons. The maximum atomic E-state index is 12.7. The zero-order chi connectivity index (χ0) is 20.5. The van der Waals surface area contributed by atoms with Gasteiger partial charge in [0.05, 0.1) is 18.4 Å². The number of anilines is 1. The number of nitrogens with zero attached hydrogens (tertiary/aromatic N) is 3. The monoisotopic (exact) mass is 406 g/mol. The second kappa shape index (κ2) is 7.79. The number of nitrogens with one attached hydrogen (secondary N) is 1. The van der Waals surface area contributed by atoms with Gasteiger partial charge in [0.2, 0.25) is 18.1 Å². The molecule has 30 heavy (non-hydrogen) atoms. The summed E-state index contributed by atoms with van der Waals surface area (Å²) in [5, 5.41) is 7.96. The summed E-state index contributed by atoms with van der Waals surface area (Å²) in [7, 11) is 0. The Morgan fingerprint density at radius 2 is 1.90 bits per heavy atom. The lowest BCUT2D eigenvalue weighted by Gasteiger charge is -2.31. The van der Waals surface area contributed by atoms with E-state index in [0.29, 0.717) is 23.6 Å². The molecule has 3 heterocycles. The summed E-state index contributed by atoms with van der Waals surface area (Å²) >= 11 is 0. The quantitative estimate of drug-likeness (QED) is 0.716. The molecule has 2 aliphatic rings. The molecule has 3 aromatic rings. The molecule has 0 spiro atoms. The van der Waals surface area contributed by atoms with Gasteiger partial charge >= 0.3 is 0 Å². The van der Waals surface area contributed by atoms with Crippen LogP contribution < -0.4 is 20.2 Å². The van der Waals surface area contributed by atoms with Gasteiger partial charge in [-0.3, -0.25) is 19.2 Å². The maximum Gasteiger partial charge on any atom is 0.231 e. The van der Waals surface area contributed by atoms with E-state index in [0.717, 1.165) is 37.1 Å². The molecule has 2 aliphatic heterocycles. The molecule has 1 aromatic heterocycles. The number of likely N-dealkylation sites (tertiary alicyclic amines) is 1. The molecular weight excluding hydrogens is 384 g/mol. The average Bonchev–Trinajstić information content (AvgIpc) is 3.24. The number of rotatable bonds is 4. The maximum absolute atomic E-state index is 12.7. The van der Waals surface area contributed by atoms with Gasteiger partial charge in [-0.15, -0.1) is 0 Å². The third-order valence-corrected chi connectivity index (χ3v) is 5.69. The first-order chi connectivity index (χ1) is 14.7. The van der Waals surface area contributed by atoms with Crippen LogP contribution in [0.5, 0.6) is 11.5 Å². The van der Waals surface area contributed by atoms with E-state index in [-0.39, 0.29) is 24.0 Å². The number of carbonyl (C=O) groups is 1. The molecule has 0 aliphatic carbocycles. The number of fused-ring (bicyclic) bond motifs is 2. The number of ether oxygens (including phenoxy) is 2. The Bertz CT molecular complexity index is 1150. The van der Waals surface area contributed by atoms with Crippen LogP contribution in [0.4, 0.5) is 5.69 Å². The van der Waals surface area contributed by atoms with Crippen molar-refractivity contribution in [2.24, 2.45) is 5.92 Å². The van der Waals surface area contributed by atoms with Crippen LogP contribution in [0.3, 0.4) is 0 Å². The van der Waals surface area contributed by atoms with Gasteiger partial charge in [0.25, 0.3) is 0 Å². The average molecular weight is 406 g/mol. The standard InChI is InChI=1S/C22H22N4O4/c27-19-12-23-26(18-4-2-1-3-17(18)19)13-25-9-7-15(8-10-25)22(28)24-16-5-6-20-21(11-16)30-14-29-20/h1-6,11-12,15H,7-10,13-14H2,(H,24,28). The number of carbonyl (C=O) groups excluding carboxylic acids is 1. The summed E-state index contributed by atoms with van der Waals surface area (Å²) in [6, 6.07) is 12.9. The van der Waals surface area contributed by atoms with Crippen molar-refractivity contribution in [2.45, 2.75) is 19.5 Å². The first-order valence-electron chi connectivity index (χ1n) is 10.0. The Labute approximate surface area is 173 Å². The lowest BCUT2D eigenvalue weighted by atomic mass is 9.96. The minimum absolute atomic E-state index is 0.0282. The summed E-state index contributed by atoms with van der Waals surface area (Å²) in [4.78, 5) is 27.0. The second-order valence-electron chi connectivity index (χ2n) is 7.62. The van der Waals surface area contributed by atoms with Crippen LogP contribution in [0.2, 0.25) is 0 Å². The van der Waals surface area contributed by atoms with E-state index in [1.165, 1.54) is 6.20 Å². The van der Waals surface area contributed by atoms with Crippen molar-refractivity contribution in [3.05, 3.63) is 58.9 Å². The van der Waals surface area contributed by atoms with Gasteiger partial charge in [0, 0.05) is 36.1 Å². The number of piperidine rings is 1. The summed E-state index contributed by atoms with van der Waals surface area (Å²) in [5.41, 5.74) is 1.48. The molecule has 8 heteroatoms. The van der Waals surface area contributed by atoms with Gasteiger partial charge in [-0.2, -0.15) is 5.10 Å². The molecule has 1 N–H and O–H groups in total. The summed E-state index contributed by atoms with van der Waals surface area (Å²) < 4.78 is 12.5. The highest BCUT2D eigenvalue weighted by atomic mass is 16.7. The highest BCUT2D eigenvalue weighted by Crippen LogP contribution is 2.34. The summed E-state index contributed by atoms with van der Waals surface area (Å²) in [5.74, 6) is 1.35. The molecular formula is C22H22N4O4. The van der Waals surface area contributed by atoms with Crippen LogP contribution in [0.15, 0.2) is 53.5 Å². The Balaban J connectivity index is 1.20. The van der Waals surface area contributed by atoms with Crippen molar-refractivity contribution >= 4 is 22.5 Å². The smallest absolute Gasteiger partial charge is 0.231 e. The highest BCUT2D eigenvalue weighted by Gasteiger charge is 2.26. The molecule has 1 saturated heterocycles. The normalized spacial score (nSPS) is 16.7. The number of hydrogen-bond donors (Lipinski definition) is 1. The van der Waals surface area contributed by atoms with E-state index in [1.807, 2.05) is 41.1 Å². The Morgan fingerprint density at radius 1 is 1.10 bits per heavy atom. The molecule has 0 radical (unpaired) electrons. The van der Waals surface area contributed by atoms with Gasteiger partial charge in [-0.05, 0) is 37.1 Å². The van der Waals surface area contributed by atoms with Gasteiger partial charge in [0.15, 0.2) is 11.5 Å². The fourth-order valence-corrected chi connectivity index (χ4v) is 4.02. The van der Waals surface area contributed by atoms with Crippen molar-refractivity contribution in [3.8, 4) is 11.5 Å². The fourth-order valence-electron chi connectivity index (χ4n) is 4.02. The van der Waals surface area contributed by atoms with E-state index in [4.69, 9.17) is 9.47 Å². The van der Waals surface area contributed by atoms with Crippen LogP contribution in [-0.2, 0) is 11.5 Å². The fraction of sp³-hybridized carbons (Fsp3) is 0.318. The SMILES string of the molecule is O=C(Nc1ccc2c(c1)OCO2)C1CCN(Cn2ncc(=O)c3ccccc32)CC1. The van der Waals surface area contributed by atoms with Gasteiger partial charge in [0.1, 0.15) is 0 Å². The first-order valence-corrected chi connectivity index (χ1v) is 10.0. The molecule has 1 fully saturated rings. The Kier molecular flexibility index (Phi) is 4.84. The van der Waals surface area contributed by atoms with Crippen LogP contribution in [0.1, 0.15) is 12.8 Å². The summed E-state index contributed by atoms with van der Waals surface area (Å²) in [6.07, 6.45) is 2.91. The van der Waals surface area contributed by atoms with Gasteiger partial charge in [-0.1, -0.05) is 12.1 Å². The molecule has 2 aromatic carbocycles. The van der Waals surface area contributed by atoms with Crippen molar-refractivity contribution < 1.29 is 14.3 Å². The van der Waals surface area contributed by atoms with E-state index < -0.39 is 0 Å². The van der Waals surface area contributed by atoms with Crippen molar-refractivity contribution in [2.75, 3.05) is 25.2 Å². The van der Waals surface area contributed by atoms with Gasteiger partial charge < -0.3 is 14.8 Å². The predicted octanol–water partition coefficient (Wildman–Crippen LogP) is 2.43. The van der Waals surface area contributed by atoms with Crippen LogP contribution in [0, 0.1) is 5.92 Å². The number of benzene rings is 2. The number of para-hydroxylation sites is 1. The molecule has 0 atom stereocenters. The van der Waals surface area contributed by atoms with Gasteiger partial charge in [-0.25, -0.2) is 0 Å². The zero-order valence-corrected chi connectivity index (χ0v) is 16.4. The van der Waals surface area contributed by atoms with E-state index in [1.54, 1.807) is 6.07 Å². The van der Waals surface area contributed by atoms with E-state index in [9.17, 15) is 9.59 Å². The van der Waals surface area contributed by atoms with Crippen molar-refractivity contribution in [1.82, 2.24) is 14.7 Å². The molecule has 8 nitrogen and oxygen atoms in total. The number of aromatic nitrogens is 2. The Morgan fingerprint density at radius 3 is 2.77 bits per heavy atom. The third kappa shape index (κ3) is 3.61. The number of hydrogen-bond acceptors (Lipinski definition) is 6. The summed E-state index contributed by atoms with van der Waals surface area (Å²) in [6.45, 7) is 2.39. The van der Waals surface area contributed by atoms with E-state index in [2.05, 4.69) is 15.3 Å². The van der Waals surface area contributed by atoms with Crippen LogP contribution in [0.25, 0.3) is 10.9 Å². The largest absolute Gasteiger partial charge is 0.454 e. The Hall–Kier alpha value is -3.39. The molecule has 0 bridgehead atoms. The topological polar surface area (TPSA) is 85.7 Å².